The molecule has 0 heterocycles. The highest BCUT2D eigenvalue weighted by molar-refractivity contribution is 5.71. The van der Waals surface area contributed by atoms with Crippen molar-refractivity contribution >= 4 is 17.9 Å². The van der Waals surface area contributed by atoms with Crippen LogP contribution in [0.25, 0.3) is 0 Å². The van der Waals surface area contributed by atoms with Crippen LogP contribution in [0.4, 0.5) is 0 Å². The highest BCUT2D eigenvalue weighted by Gasteiger charge is 2.25. The number of unbranched alkanes of at least 4 members (excludes halogenated alkanes) is 26. The van der Waals surface area contributed by atoms with Crippen LogP contribution in [0.15, 0.2) is 97.2 Å². The molecule has 0 bridgehead atoms. The van der Waals surface area contributed by atoms with E-state index in [0.29, 0.717) is 23.9 Å². The van der Waals surface area contributed by atoms with E-state index >= 15 is 0 Å². The van der Waals surface area contributed by atoms with Crippen molar-refractivity contribution in [1.29, 1.82) is 0 Å². The van der Waals surface area contributed by atoms with Gasteiger partial charge >= 0.3 is 17.9 Å². The molecule has 9 nitrogen and oxygen atoms in total. The van der Waals surface area contributed by atoms with Gasteiger partial charge in [0.05, 0.1) is 34.4 Å². The molecule has 0 aliphatic carbocycles. The molecule has 442 valence electrons. The van der Waals surface area contributed by atoms with E-state index in [2.05, 4.69) is 111 Å². The van der Waals surface area contributed by atoms with Gasteiger partial charge in [0.2, 0.25) is 0 Å². The van der Waals surface area contributed by atoms with E-state index in [4.69, 9.17) is 18.9 Å². The van der Waals surface area contributed by atoms with Crippen LogP contribution in [-0.4, -0.2) is 87.4 Å². The number of carbonyl (C=O) groups excluding carboxylic acids is 2. The normalized spacial score (nSPS) is 13.4. The summed E-state index contributed by atoms with van der Waals surface area (Å²) in [6.45, 7) is 4.75. The monoisotopic (exact) mass is 1080 g/mol. The summed E-state index contributed by atoms with van der Waals surface area (Å²) in [7, 11) is 5.97. The maximum absolute atomic E-state index is 12.9. The molecule has 0 aromatic carbocycles. The number of likely N-dealkylation sites (N-methyl/N-ethyl adjacent to an activating group) is 1. The molecule has 0 aliphatic rings. The van der Waals surface area contributed by atoms with Crippen LogP contribution in [0, 0.1) is 0 Å². The zero-order chi connectivity index (χ0) is 56.2. The Morgan fingerprint density at radius 3 is 1.10 bits per heavy atom. The van der Waals surface area contributed by atoms with Gasteiger partial charge in [-0.25, -0.2) is 4.79 Å². The molecule has 2 atom stereocenters. The Balaban J connectivity index is 4.24. The summed E-state index contributed by atoms with van der Waals surface area (Å²) < 4.78 is 22.9. The average molecular weight is 1080 g/mol. The molecule has 0 amide bonds. The fraction of sp³-hybridized carbons (Fsp3) is 0.721. The van der Waals surface area contributed by atoms with Crippen molar-refractivity contribution in [2.45, 2.75) is 270 Å². The molecule has 0 saturated carbocycles. The number of ether oxygens (including phenoxy) is 4. The Morgan fingerprint density at radius 2 is 0.740 bits per heavy atom. The molecule has 0 saturated heterocycles. The predicted molar refractivity (Wildman–Crippen MR) is 327 cm³/mol. The van der Waals surface area contributed by atoms with Gasteiger partial charge in [-0.1, -0.05) is 246 Å². The number of hydrogen-bond donors (Lipinski definition) is 1. The number of carbonyl (C=O) groups is 3. The maximum Gasteiger partial charge on any atom is 0.361 e. The van der Waals surface area contributed by atoms with Gasteiger partial charge in [0.25, 0.3) is 6.29 Å². The second-order valence-corrected chi connectivity index (χ2v) is 22.0. The number of quaternary nitrogens is 1. The van der Waals surface area contributed by atoms with Crippen molar-refractivity contribution in [3.05, 3.63) is 97.2 Å². The second kappa shape index (κ2) is 58.4. The number of esters is 2. The van der Waals surface area contributed by atoms with Gasteiger partial charge in [-0.2, -0.15) is 0 Å². The van der Waals surface area contributed by atoms with E-state index in [-0.39, 0.29) is 32.2 Å². The molecule has 0 aromatic heterocycles. The third-order valence-corrected chi connectivity index (χ3v) is 13.3. The quantitative estimate of drug-likeness (QED) is 0.0211. The zero-order valence-corrected chi connectivity index (χ0v) is 50.3. The van der Waals surface area contributed by atoms with Gasteiger partial charge in [0.15, 0.2) is 6.10 Å². The van der Waals surface area contributed by atoms with Gasteiger partial charge < -0.3 is 28.5 Å². The number of allylic oxidation sites excluding steroid dienone is 16. The van der Waals surface area contributed by atoms with Crippen LogP contribution in [-0.2, 0) is 33.3 Å². The van der Waals surface area contributed by atoms with E-state index < -0.39 is 24.3 Å². The van der Waals surface area contributed by atoms with Crippen LogP contribution in [0.5, 0.6) is 0 Å². The number of nitrogens with zero attached hydrogens (tertiary/aromatic N) is 1. The van der Waals surface area contributed by atoms with E-state index in [9.17, 15) is 19.5 Å². The number of rotatable bonds is 57. The highest BCUT2D eigenvalue weighted by Crippen LogP contribution is 2.16. The van der Waals surface area contributed by atoms with E-state index in [1.54, 1.807) is 0 Å². The van der Waals surface area contributed by atoms with Crippen LogP contribution in [0.2, 0.25) is 0 Å². The van der Waals surface area contributed by atoms with Gasteiger partial charge in [-0.3, -0.25) is 9.59 Å². The lowest BCUT2D eigenvalue weighted by Gasteiger charge is -2.25. The molecule has 1 N–H and O–H groups in total. The van der Waals surface area contributed by atoms with Crippen molar-refractivity contribution in [2.24, 2.45) is 0 Å². The van der Waals surface area contributed by atoms with E-state index in [1.165, 1.54) is 135 Å². The fourth-order valence-corrected chi connectivity index (χ4v) is 8.52. The zero-order valence-electron chi connectivity index (χ0n) is 50.3. The first-order chi connectivity index (χ1) is 37.6. The molecular weight excluding hydrogens is 959 g/mol. The number of aliphatic carboxylic acids is 1. The molecule has 0 fully saturated rings. The third-order valence-electron chi connectivity index (χ3n) is 13.3. The Bertz CT molecular complexity index is 1580. The maximum atomic E-state index is 12.9. The van der Waals surface area contributed by atoms with Crippen LogP contribution >= 0.6 is 0 Å². The topological polar surface area (TPSA) is 108 Å². The second-order valence-electron chi connectivity index (χ2n) is 22.0. The minimum Gasteiger partial charge on any atom is -0.477 e. The minimum absolute atomic E-state index is 0.182. The highest BCUT2D eigenvalue weighted by atomic mass is 16.7. The smallest absolute Gasteiger partial charge is 0.361 e. The number of carboxylic acids is 1. The first-order valence-electron chi connectivity index (χ1n) is 31.4. The first-order valence-corrected chi connectivity index (χ1v) is 31.4. The van der Waals surface area contributed by atoms with Crippen LogP contribution < -0.4 is 0 Å². The van der Waals surface area contributed by atoms with Crippen molar-refractivity contribution in [1.82, 2.24) is 0 Å². The summed E-state index contributed by atoms with van der Waals surface area (Å²) in [5, 5.41) is 9.72. The average Bonchev–Trinajstić information content (AvgIpc) is 3.40. The molecule has 77 heavy (non-hydrogen) atoms. The lowest BCUT2D eigenvalue weighted by molar-refractivity contribution is -0.870. The molecule has 0 aliphatic heterocycles. The van der Waals surface area contributed by atoms with Crippen LogP contribution in [0.1, 0.15) is 258 Å². The minimum atomic E-state index is -1.52. The lowest BCUT2D eigenvalue weighted by atomic mass is 10.0. The first kappa shape index (κ1) is 73.2. The number of hydrogen-bond acceptors (Lipinski definition) is 7. The van der Waals surface area contributed by atoms with Gasteiger partial charge in [0, 0.05) is 12.8 Å². The molecular formula is C68H118NO8+. The molecule has 0 spiro atoms. The summed E-state index contributed by atoms with van der Waals surface area (Å²) in [5.41, 5.74) is 0. The molecule has 0 rings (SSSR count). The van der Waals surface area contributed by atoms with Crippen molar-refractivity contribution in [3.8, 4) is 0 Å². The van der Waals surface area contributed by atoms with Crippen LogP contribution in [0.3, 0.4) is 0 Å². The standard InChI is InChI=1S/C68H117NO8/c1-6-8-10-12-14-16-18-20-22-24-26-28-30-32-33-35-37-39-41-43-45-47-49-51-53-55-57-59-66(71)77-64(63-76-68(67(72)73)74-61-60-69(3,4)5)62-75-65(70)58-56-54-52-50-48-46-44-42-40-38-36-34-31-29-27-25-23-21-19-17-15-13-11-9-7-2/h8,10,14,16,19-22,25-28,32-33,37,39,64,68H,6-7,9,11-13,15,17-18,23-24,29-31,34-36,38,40-63H2,1-5H3/p+1/b10-8-,16-14-,21-19-,22-20-,27-25-,28-26-,33-32-,39-37-. The van der Waals surface area contributed by atoms with Gasteiger partial charge in [-0.15, -0.1) is 0 Å². The van der Waals surface area contributed by atoms with Gasteiger partial charge in [-0.05, 0) is 96.3 Å². The number of carboxylic acid groups (broad SMARTS) is 1. The van der Waals surface area contributed by atoms with E-state index in [1.807, 2.05) is 21.1 Å². The summed E-state index contributed by atoms with van der Waals surface area (Å²) in [5.74, 6) is -2.02. The summed E-state index contributed by atoms with van der Waals surface area (Å²) in [6.07, 6.45) is 76.3. The summed E-state index contributed by atoms with van der Waals surface area (Å²) in [6, 6.07) is 0. The Labute approximate surface area is 473 Å². The SMILES string of the molecule is CC/C=C\C/C=C\C/C=C\C/C=C\C/C=C\C/C=C\CCCCCCCCCCC(=O)OC(COC(=O)CCCCCCCCCCCCCCC/C=C\C/C=C\CCCCCCC)COC(OCC[N+](C)(C)C)C(=O)O. The Hall–Kier alpha value is -3.79. The Kier molecular flexibility index (Phi) is 55.5. The van der Waals surface area contributed by atoms with E-state index in [0.717, 1.165) is 89.9 Å². The van der Waals surface area contributed by atoms with Gasteiger partial charge in [0.1, 0.15) is 13.2 Å². The lowest BCUT2D eigenvalue weighted by Crippen LogP contribution is -2.40. The van der Waals surface area contributed by atoms with Crippen molar-refractivity contribution in [2.75, 3.05) is 47.5 Å². The summed E-state index contributed by atoms with van der Waals surface area (Å²) in [4.78, 5) is 37.5. The summed E-state index contributed by atoms with van der Waals surface area (Å²) >= 11 is 0. The molecule has 9 heteroatoms. The van der Waals surface area contributed by atoms with Crippen molar-refractivity contribution in [3.63, 3.8) is 0 Å². The fourth-order valence-electron chi connectivity index (χ4n) is 8.52. The third kappa shape index (κ3) is 59.7. The Morgan fingerprint density at radius 1 is 0.403 bits per heavy atom. The molecule has 0 radical (unpaired) electrons. The molecule has 0 aromatic rings. The largest absolute Gasteiger partial charge is 0.477 e. The predicted octanol–water partition coefficient (Wildman–Crippen LogP) is 18.9. The van der Waals surface area contributed by atoms with Crippen molar-refractivity contribution < 1.29 is 42.9 Å². The molecule has 2 unspecified atom stereocenters.